The smallest absolute Gasteiger partial charge is 0.429 e. The lowest BCUT2D eigenvalue weighted by Gasteiger charge is -2.23. The minimum absolute atomic E-state index is 0.0204. The average molecular weight is 239 g/mol. The molecule has 0 rings (SSSR count). The summed E-state index contributed by atoms with van der Waals surface area (Å²) in [5.74, 6) is -0.259. The number of nitrogens with zero attached hydrogens (tertiary/aromatic N) is 1. The first-order valence-electron chi connectivity index (χ1n) is 5.72. The lowest BCUT2D eigenvalue weighted by Crippen LogP contribution is -2.43. The molecule has 2 N–H and O–H groups in total. The molecule has 0 aromatic carbocycles. The highest BCUT2D eigenvalue weighted by atomic mass is 16.3. The van der Waals surface area contributed by atoms with Gasteiger partial charge in [-0.05, 0) is 19.9 Å². The molecular weight excluding hydrogens is 217 g/mol. The highest BCUT2D eigenvalue weighted by Gasteiger charge is 2.26. The van der Waals surface area contributed by atoms with Crippen LogP contribution in [0.5, 0.6) is 0 Å². The number of hydrogen-bond donors (Lipinski definition) is 2. The van der Waals surface area contributed by atoms with Gasteiger partial charge in [-0.2, -0.15) is 0 Å². The molecule has 1 unspecified atom stereocenters. The molecule has 0 aromatic heterocycles. The molecule has 96 valence electrons. The Hall–Kier alpha value is -1.07. The molecule has 1 atom stereocenters. The summed E-state index contributed by atoms with van der Waals surface area (Å²) in [6, 6.07) is 0. The molecule has 0 bridgehead atoms. The lowest BCUT2D eigenvalue weighted by atomic mass is 9.71. The zero-order chi connectivity index (χ0) is 13.6. The van der Waals surface area contributed by atoms with Gasteiger partial charge in [0.15, 0.2) is 0 Å². The Balaban J connectivity index is 4.50. The van der Waals surface area contributed by atoms with E-state index in [0.717, 1.165) is 0 Å². The van der Waals surface area contributed by atoms with Gasteiger partial charge < -0.3 is 14.9 Å². The van der Waals surface area contributed by atoms with Crippen molar-refractivity contribution < 1.29 is 14.9 Å². The minimum Gasteiger partial charge on any atom is -0.429 e. The zero-order valence-electron chi connectivity index (χ0n) is 11.1. The van der Waals surface area contributed by atoms with Crippen LogP contribution in [-0.4, -0.2) is 41.1 Å². The van der Waals surface area contributed by atoms with Crippen LogP contribution in [0.1, 0.15) is 27.2 Å². The van der Waals surface area contributed by atoms with E-state index in [4.69, 9.17) is 0 Å². The molecule has 4 nitrogen and oxygen atoms in total. The Morgan fingerprint density at radius 3 is 2.47 bits per heavy atom. The maximum Gasteiger partial charge on any atom is 0.446 e. The predicted molar refractivity (Wildman–Crippen MR) is 70.2 cm³/mol. The molecule has 0 heterocycles. The third kappa shape index (κ3) is 5.19. The van der Waals surface area contributed by atoms with Crippen molar-refractivity contribution in [2.75, 3.05) is 7.05 Å². The van der Waals surface area contributed by atoms with E-state index in [1.807, 2.05) is 13.8 Å². The van der Waals surface area contributed by atoms with E-state index in [9.17, 15) is 14.9 Å². The minimum atomic E-state index is -0.972. The van der Waals surface area contributed by atoms with Crippen LogP contribution in [0.2, 0.25) is 0 Å². The van der Waals surface area contributed by atoms with E-state index in [-0.39, 0.29) is 18.2 Å². The summed E-state index contributed by atoms with van der Waals surface area (Å²) in [7, 11) is 0.542. The normalized spacial score (nSPS) is 13.5. The Labute approximate surface area is 104 Å². The highest BCUT2D eigenvalue weighted by molar-refractivity contribution is 6.58. The second-order valence-electron chi connectivity index (χ2n) is 4.54. The first-order chi connectivity index (χ1) is 7.81. The van der Waals surface area contributed by atoms with Crippen LogP contribution in [0.4, 0.5) is 0 Å². The molecule has 0 saturated heterocycles. The van der Waals surface area contributed by atoms with Gasteiger partial charge in [0.25, 0.3) is 0 Å². The molecule has 0 aliphatic heterocycles. The molecule has 0 saturated carbocycles. The van der Waals surface area contributed by atoms with E-state index in [0.29, 0.717) is 5.47 Å². The van der Waals surface area contributed by atoms with Crippen molar-refractivity contribution in [3.8, 4) is 0 Å². The zero-order valence-corrected chi connectivity index (χ0v) is 11.1. The standard InChI is InChI=1S/C12H22BNO3/c1-6-7-10(4)13(17)14(5)12(16)8-11(15)9(2)3/h6-7,9,11,15,17H,1,8H2,2-5H3/b10-7+. The summed E-state index contributed by atoms with van der Waals surface area (Å²) >= 11 is 0. The number of aliphatic hydroxyl groups is 1. The molecule has 17 heavy (non-hydrogen) atoms. The van der Waals surface area contributed by atoms with Gasteiger partial charge in [0.2, 0.25) is 5.91 Å². The number of rotatable bonds is 6. The summed E-state index contributed by atoms with van der Waals surface area (Å²) < 4.78 is 0. The Bertz CT molecular complexity index is 302. The average Bonchev–Trinajstić information content (AvgIpc) is 2.26. The topological polar surface area (TPSA) is 60.8 Å². The quantitative estimate of drug-likeness (QED) is 0.537. The fourth-order valence-electron chi connectivity index (χ4n) is 1.27. The summed E-state index contributed by atoms with van der Waals surface area (Å²) in [6.45, 7) is 8.93. The first kappa shape index (κ1) is 15.9. The Morgan fingerprint density at radius 2 is 2.06 bits per heavy atom. The Kier molecular flexibility index (Phi) is 6.84. The van der Waals surface area contributed by atoms with Gasteiger partial charge in [0.1, 0.15) is 0 Å². The van der Waals surface area contributed by atoms with Gasteiger partial charge in [-0.25, -0.2) is 0 Å². The number of carbonyl (C=O) groups excluding carboxylic acids is 1. The third-order valence-electron chi connectivity index (χ3n) is 2.70. The van der Waals surface area contributed by atoms with Gasteiger partial charge in [0, 0.05) is 0 Å². The van der Waals surface area contributed by atoms with Gasteiger partial charge in [0.05, 0.1) is 12.5 Å². The van der Waals surface area contributed by atoms with Gasteiger partial charge in [-0.1, -0.05) is 38.1 Å². The van der Waals surface area contributed by atoms with Crippen molar-refractivity contribution >= 4 is 13.0 Å². The van der Waals surface area contributed by atoms with Crippen LogP contribution in [0.25, 0.3) is 0 Å². The Morgan fingerprint density at radius 1 is 1.53 bits per heavy atom. The van der Waals surface area contributed by atoms with Crippen LogP contribution >= 0.6 is 0 Å². The van der Waals surface area contributed by atoms with Crippen molar-refractivity contribution in [2.24, 2.45) is 5.92 Å². The van der Waals surface area contributed by atoms with Crippen molar-refractivity contribution in [1.29, 1.82) is 0 Å². The molecule has 5 heteroatoms. The number of carbonyl (C=O) groups is 1. The number of amides is 1. The van der Waals surface area contributed by atoms with Crippen molar-refractivity contribution in [3.63, 3.8) is 0 Å². The van der Waals surface area contributed by atoms with Crippen molar-refractivity contribution in [3.05, 3.63) is 24.2 Å². The molecular formula is C12H22BNO3. The first-order valence-corrected chi connectivity index (χ1v) is 5.72. The van der Waals surface area contributed by atoms with Gasteiger partial charge in [-0.15, -0.1) is 0 Å². The summed E-state index contributed by atoms with van der Waals surface area (Å²) in [5, 5.41) is 19.5. The van der Waals surface area contributed by atoms with Crippen LogP contribution in [0.15, 0.2) is 24.2 Å². The summed E-state index contributed by atoms with van der Waals surface area (Å²) in [4.78, 5) is 13.0. The lowest BCUT2D eigenvalue weighted by molar-refractivity contribution is -0.129. The van der Waals surface area contributed by atoms with Crippen LogP contribution in [0.3, 0.4) is 0 Å². The van der Waals surface area contributed by atoms with Crippen LogP contribution in [0, 0.1) is 5.92 Å². The maximum absolute atomic E-state index is 11.8. The van der Waals surface area contributed by atoms with E-state index < -0.39 is 13.2 Å². The number of aliphatic hydroxyl groups excluding tert-OH is 1. The third-order valence-corrected chi connectivity index (χ3v) is 2.70. The fraction of sp³-hybridized carbons (Fsp3) is 0.583. The second kappa shape index (κ2) is 7.30. The maximum atomic E-state index is 11.8. The van der Waals surface area contributed by atoms with Crippen molar-refractivity contribution in [2.45, 2.75) is 33.3 Å². The molecule has 0 radical (unpaired) electrons. The van der Waals surface area contributed by atoms with E-state index >= 15 is 0 Å². The SMILES string of the molecule is C=C/C=C(\C)B(O)N(C)C(=O)CC(O)C(C)C. The van der Waals surface area contributed by atoms with Gasteiger partial charge in [-0.3, -0.25) is 4.79 Å². The predicted octanol–water partition coefficient (Wildman–Crippen LogP) is 1.00. The highest BCUT2D eigenvalue weighted by Crippen LogP contribution is 2.09. The van der Waals surface area contributed by atoms with Crippen LogP contribution in [-0.2, 0) is 4.79 Å². The van der Waals surface area contributed by atoms with Gasteiger partial charge >= 0.3 is 7.05 Å². The van der Waals surface area contributed by atoms with E-state index in [1.54, 1.807) is 19.1 Å². The van der Waals surface area contributed by atoms with E-state index in [1.165, 1.54) is 11.9 Å². The molecule has 0 aromatic rings. The summed E-state index contributed by atoms with van der Waals surface area (Å²) in [5.41, 5.74) is 0.634. The summed E-state index contributed by atoms with van der Waals surface area (Å²) in [6.07, 6.45) is 2.54. The molecule has 1 amide bonds. The molecule has 0 aliphatic carbocycles. The second-order valence-corrected chi connectivity index (χ2v) is 4.54. The molecule has 0 aliphatic rings. The van der Waals surface area contributed by atoms with E-state index in [2.05, 4.69) is 6.58 Å². The molecule has 0 spiro atoms. The van der Waals surface area contributed by atoms with Crippen LogP contribution < -0.4 is 0 Å². The largest absolute Gasteiger partial charge is 0.446 e. The number of allylic oxidation sites excluding steroid dienone is 3. The fourth-order valence-corrected chi connectivity index (χ4v) is 1.27. The molecule has 0 fully saturated rings. The van der Waals surface area contributed by atoms with Crippen molar-refractivity contribution in [1.82, 2.24) is 4.81 Å². The monoisotopic (exact) mass is 239 g/mol. The number of hydrogen-bond acceptors (Lipinski definition) is 3.